The smallest absolute Gasteiger partial charge is 0.453 e. The van der Waals surface area contributed by atoms with Gasteiger partial charge in [0.2, 0.25) is 11.2 Å². The van der Waals surface area contributed by atoms with Crippen molar-refractivity contribution in [2.24, 2.45) is 0 Å². The number of ether oxygens (including phenoxy) is 3. The number of esters is 1. The van der Waals surface area contributed by atoms with Crippen LogP contribution in [0, 0.1) is 10.1 Å². The molecule has 0 aliphatic rings. The first-order valence-corrected chi connectivity index (χ1v) is 11.1. The molecule has 38 heavy (non-hydrogen) atoms. The minimum absolute atomic E-state index is 0.115. The lowest BCUT2D eigenvalue weighted by Gasteiger charge is -2.15. The lowest BCUT2D eigenvalue weighted by molar-refractivity contribution is -0.384. The van der Waals surface area contributed by atoms with Crippen molar-refractivity contribution in [3.05, 3.63) is 97.3 Å². The van der Waals surface area contributed by atoms with Crippen molar-refractivity contribution >= 4 is 34.2 Å². The van der Waals surface area contributed by atoms with Crippen molar-refractivity contribution in [2.75, 3.05) is 6.61 Å². The van der Waals surface area contributed by atoms with Gasteiger partial charge in [-0.25, -0.2) is 4.79 Å². The van der Waals surface area contributed by atoms with Gasteiger partial charge in [0.25, 0.3) is 11.4 Å². The van der Waals surface area contributed by atoms with Crippen molar-refractivity contribution < 1.29 is 41.5 Å². The molecule has 0 fully saturated rings. The number of alkyl halides is 3. The Morgan fingerprint density at radius 3 is 2.45 bits per heavy atom. The maximum absolute atomic E-state index is 13.9. The van der Waals surface area contributed by atoms with Gasteiger partial charge in [0.1, 0.15) is 11.3 Å². The van der Waals surface area contributed by atoms with Crippen molar-refractivity contribution in [3.63, 3.8) is 0 Å². The molecule has 0 aliphatic heterocycles. The van der Waals surface area contributed by atoms with E-state index in [1.165, 1.54) is 18.2 Å². The highest BCUT2D eigenvalue weighted by Crippen LogP contribution is 2.40. The van der Waals surface area contributed by atoms with Gasteiger partial charge in [-0.3, -0.25) is 14.9 Å². The van der Waals surface area contributed by atoms with Crippen molar-refractivity contribution in [3.8, 4) is 23.0 Å². The van der Waals surface area contributed by atoms with Gasteiger partial charge in [0.15, 0.2) is 11.5 Å². The minimum Gasteiger partial charge on any atom is -0.490 e. The largest absolute Gasteiger partial charge is 0.490 e. The molecule has 196 valence electrons. The van der Waals surface area contributed by atoms with Gasteiger partial charge >= 0.3 is 12.1 Å². The van der Waals surface area contributed by atoms with Crippen LogP contribution in [0.15, 0.2) is 69.9 Å². The maximum Gasteiger partial charge on any atom is 0.453 e. The zero-order chi connectivity index (χ0) is 27.6. The zero-order valence-electron chi connectivity index (χ0n) is 19.2. The molecule has 9 nitrogen and oxygen atoms in total. The third-order valence-electron chi connectivity index (χ3n) is 5.03. The monoisotopic (exact) mass is 549 g/mol. The summed E-state index contributed by atoms with van der Waals surface area (Å²) in [6.45, 7) is 1.86. The molecule has 0 saturated heterocycles. The molecule has 0 saturated carbocycles. The summed E-state index contributed by atoms with van der Waals surface area (Å²) in [6.07, 6.45) is -5.13. The molecule has 3 aromatic carbocycles. The summed E-state index contributed by atoms with van der Waals surface area (Å²) in [4.78, 5) is 35.8. The number of nitrogens with zero attached hydrogens (tertiary/aromatic N) is 1. The average molecular weight is 550 g/mol. The Kier molecular flexibility index (Phi) is 7.26. The molecular formula is C25H15ClF3NO8. The number of nitro benzene ring substituents is 1. The Balaban J connectivity index is 1.75. The summed E-state index contributed by atoms with van der Waals surface area (Å²) >= 11 is 5.93. The van der Waals surface area contributed by atoms with Crippen LogP contribution in [0.25, 0.3) is 11.0 Å². The molecule has 0 atom stereocenters. The first-order chi connectivity index (χ1) is 18.0. The number of rotatable bonds is 7. The van der Waals surface area contributed by atoms with E-state index >= 15 is 0 Å². The summed E-state index contributed by atoms with van der Waals surface area (Å²) in [6, 6.07) is 12.1. The maximum atomic E-state index is 13.9. The van der Waals surface area contributed by atoms with E-state index in [4.69, 9.17) is 30.2 Å². The standard InChI is InChI=1S/C25H15ClF3NO8/c1-2-35-18-5-3-4-6-19(18)37-22-21(31)15-9-8-14(12-20(15)38-23(22)25(27,28)29)36-24(32)16-11-13(30(33)34)7-10-17(16)26/h3-12H,2H2,1H3. The van der Waals surface area contributed by atoms with Crippen molar-refractivity contribution in [1.29, 1.82) is 0 Å². The molecule has 1 aromatic heterocycles. The van der Waals surface area contributed by atoms with Crippen LogP contribution in [-0.4, -0.2) is 17.5 Å². The first-order valence-electron chi connectivity index (χ1n) is 10.7. The highest BCUT2D eigenvalue weighted by Gasteiger charge is 2.41. The number of fused-ring (bicyclic) bond motifs is 1. The SMILES string of the molecule is CCOc1ccccc1Oc1c(C(F)(F)F)oc2cc(OC(=O)c3cc([N+](=O)[O-])ccc3Cl)ccc2c1=O. The fraction of sp³-hybridized carbons (Fsp3) is 0.120. The van der Waals surface area contributed by atoms with Crippen molar-refractivity contribution in [1.82, 2.24) is 0 Å². The average Bonchev–Trinajstić information content (AvgIpc) is 2.86. The number of halogens is 4. The highest BCUT2D eigenvalue weighted by atomic mass is 35.5. The normalized spacial score (nSPS) is 11.3. The van der Waals surface area contributed by atoms with E-state index in [9.17, 15) is 32.9 Å². The van der Waals surface area contributed by atoms with Gasteiger partial charge < -0.3 is 18.6 Å². The fourth-order valence-electron chi connectivity index (χ4n) is 3.36. The van der Waals surface area contributed by atoms with E-state index in [-0.39, 0.29) is 39.8 Å². The number of benzene rings is 3. The van der Waals surface area contributed by atoms with E-state index in [0.717, 1.165) is 36.4 Å². The van der Waals surface area contributed by atoms with Crippen LogP contribution in [0.3, 0.4) is 0 Å². The van der Waals surface area contributed by atoms with Crippen LogP contribution >= 0.6 is 11.6 Å². The van der Waals surface area contributed by atoms with E-state index < -0.39 is 45.3 Å². The number of hydrogen-bond acceptors (Lipinski definition) is 8. The number of para-hydroxylation sites is 2. The minimum atomic E-state index is -5.13. The van der Waals surface area contributed by atoms with Crippen LogP contribution in [0.2, 0.25) is 5.02 Å². The molecule has 0 amide bonds. The Hall–Kier alpha value is -4.58. The van der Waals surface area contributed by atoms with Crippen LogP contribution in [-0.2, 0) is 6.18 Å². The molecule has 0 N–H and O–H groups in total. The van der Waals surface area contributed by atoms with Crippen molar-refractivity contribution in [2.45, 2.75) is 13.1 Å². The van der Waals surface area contributed by atoms with Gasteiger partial charge in [-0.1, -0.05) is 23.7 Å². The summed E-state index contributed by atoms with van der Waals surface area (Å²) in [5.41, 5.74) is -2.47. The predicted octanol–water partition coefficient (Wildman–Crippen LogP) is 6.78. The molecule has 1 heterocycles. The van der Waals surface area contributed by atoms with E-state index in [1.807, 2.05) is 0 Å². The van der Waals surface area contributed by atoms with Gasteiger partial charge in [0.05, 0.1) is 27.5 Å². The third kappa shape index (κ3) is 5.39. The summed E-state index contributed by atoms with van der Waals surface area (Å²) < 4.78 is 62.5. The molecule has 0 radical (unpaired) electrons. The third-order valence-corrected chi connectivity index (χ3v) is 5.36. The van der Waals surface area contributed by atoms with Crippen LogP contribution in [0.4, 0.5) is 18.9 Å². The highest BCUT2D eigenvalue weighted by molar-refractivity contribution is 6.33. The van der Waals surface area contributed by atoms with Gasteiger partial charge in [-0.2, -0.15) is 13.2 Å². The summed E-state index contributed by atoms with van der Waals surface area (Å²) in [5, 5.41) is 10.5. The molecule has 4 rings (SSSR count). The molecule has 0 unspecified atom stereocenters. The molecular weight excluding hydrogens is 535 g/mol. The Labute approximate surface area is 216 Å². The number of carbonyl (C=O) groups excluding carboxylic acids is 1. The summed E-state index contributed by atoms with van der Waals surface area (Å²) in [7, 11) is 0. The van der Waals surface area contributed by atoms with Crippen LogP contribution in [0.1, 0.15) is 23.0 Å². The Bertz CT molecular complexity index is 1620. The second-order valence-corrected chi connectivity index (χ2v) is 7.94. The molecule has 13 heteroatoms. The predicted molar refractivity (Wildman–Crippen MR) is 128 cm³/mol. The van der Waals surface area contributed by atoms with E-state index in [1.54, 1.807) is 13.0 Å². The lowest BCUT2D eigenvalue weighted by Crippen LogP contribution is -2.16. The first kappa shape index (κ1) is 26.5. The fourth-order valence-corrected chi connectivity index (χ4v) is 3.56. The van der Waals surface area contributed by atoms with Gasteiger partial charge in [-0.15, -0.1) is 0 Å². The molecule has 0 spiro atoms. The molecule has 0 bridgehead atoms. The second-order valence-electron chi connectivity index (χ2n) is 7.54. The Morgan fingerprint density at radius 2 is 1.79 bits per heavy atom. The van der Waals surface area contributed by atoms with E-state index in [2.05, 4.69) is 0 Å². The topological polar surface area (TPSA) is 118 Å². The van der Waals surface area contributed by atoms with E-state index in [0.29, 0.717) is 0 Å². The second kappa shape index (κ2) is 10.4. The lowest BCUT2D eigenvalue weighted by atomic mass is 10.2. The van der Waals surface area contributed by atoms with Gasteiger partial charge in [-0.05, 0) is 37.3 Å². The quantitative estimate of drug-likeness (QED) is 0.107. The number of carbonyl (C=O) groups is 1. The number of nitro groups is 1. The summed E-state index contributed by atoms with van der Waals surface area (Å²) in [5.74, 6) is -4.27. The van der Waals surface area contributed by atoms with Crippen LogP contribution < -0.4 is 19.6 Å². The number of hydrogen-bond donors (Lipinski definition) is 0. The van der Waals surface area contributed by atoms with Crippen LogP contribution in [0.5, 0.6) is 23.0 Å². The molecule has 0 aliphatic carbocycles. The zero-order valence-corrected chi connectivity index (χ0v) is 20.0. The number of non-ortho nitro benzene ring substituents is 1. The Morgan fingerprint density at radius 1 is 1.08 bits per heavy atom. The molecule has 4 aromatic rings. The van der Waals surface area contributed by atoms with Gasteiger partial charge in [0, 0.05) is 18.2 Å².